The topological polar surface area (TPSA) is 95.8 Å². The minimum atomic E-state index is -0.692. The Balaban J connectivity index is 0.000000858. The van der Waals surface area contributed by atoms with Gasteiger partial charge < -0.3 is 5.43 Å². The molecule has 0 bridgehead atoms. The van der Waals surface area contributed by atoms with Crippen LogP contribution in [0.25, 0.3) is 0 Å². The lowest BCUT2D eigenvalue weighted by atomic mass is 9.95. The van der Waals surface area contributed by atoms with Gasteiger partial charge in [-0.25, -0.2) is 9.91 Å². The lowest BCUT2D eigenvalue weighted by molar-refractivity contribution is -0.384. The average Bonchev–Trinajstić information content (AvgIpc) is 3.01. The van der Waals surface area contributed by atoms with E-state index >= 15 is 0 Å². The maximum Gasteiger partial charge on any atom is 0.269 e. The van der Waals surface area contributed by atoms with Crippen molar-refractivity contribution in [3.63, 3.8) is 0 Å². The highest BCUT2D eigenvalue weighted by atomic mass is 16.6. The summed E-state index contributed by atoms with van der Waals surface area (Å²) in [4.78, 5) is 37.6. The van der Waals surface area contributed by atoms with Gasteiger partial charge in [0, 0.05) is 23.9 Å². The fraction of sp³-hybridized carbons (Fsp3) is 0.304. The van der Waals surface area contributed by atoms with Gasteiger partial charge in [-0.3, -0.25) is 19.7 Å². The van der Waals surface area contributed by atoms with Crippen molar-refractivity contribution in [2.75, 3.05) is 10.3 Å². The highest BCUT2D eigenvalue weighted by molar-refractivity contribution is 6.24. The third-order valence-corrected chi connectivity index (χ3v) is 5.01. The molecule has 8 nitrogen and oxygen atoms in total. The maximum absolute atomic E-state index is 13.1. The Morgan fingerprint density at radius 2 is 1.58 bits per heavy atom. The van der Waals surface area contributed by atoms with Gasteiger partial charge in [0.1, 0.15) is 6.04 Å². The molecule has 0 unspecified atom stereocenters. The molecule has 1 fully saturated rings. The van der Waals surface area contributed by atoms with Crippen LogP contribution < -0.4 is 10.3 Å². The standard InChI is InChI=1S/C20H18N4O4.C3H8/c1-13-7-12-17-18(20(26)22(19(17)25)15-5-3-2-4-6-15)23(13)21-14-8-10-16(11-9-14)24(27)28;1-3-2/h2-13,17-18,21H,1H3;3H2,1-2H3/t13-,17+,18-;/m0./s1. The van der Waals surface area contributed by atoms with Crippen molar-refractivity contribution in [1.29, 1.82) is 0 Å². The summed E-state index contributed by atoms with van der Waals surface area (Å²) in [5.74, 6) is -1.15. The summed E-state index contributed by atoms with van der Waals surface area (Å²) in [6.07, 6.45) is 4.91. The Morgan fingerprint density at radius 3 is 2.16 bits per heavy atom. The van der Waals surface area contributed by atoms with Gasteiger partial charge in [-0.15, -0.1) is 0 Å². The molecule has 2 aliphatic rings. The zero-order chi connectivity index (χ0) is 22.5. The van der Waals surface area contributed by atoms with Gasteiger partial charge in [0.25, 0.3) is 11.6 Å². The number of non-ortho nitro benzene ring substituents is 1. The number of benzene rings is 2. The number of carbonyl (C=O) groups is 2. The van der Waals surface area contributed by atoms with Gasteiger partial charge >= 0.3 is 0 Å². The first kappa shape index (κ1) is 22.2. The fourth-order valence-corrected chi connectivity index (χ4v) is 3.59. The molecular weight excluding hydrogens is 396 g/mol. The van der Waals surface area contributed by atoms with Crippen molar-refractivity contribution in [2.45, 2.75) is 39.3 Å². The van der Waals surface area contributed by atoms with E-state index < -0.39 is 16.9 Å². The molecule has 0 saturated carbocycles. The van der Waals surface area contributed by atoms with Crippen molar-refractivity contribution in [3.8, 4) is 0 Å². The van der Waals surface area contributed by atoms with E-state index in [2.05, 4.69) is 19.3 Å². The molecule has 2 aromatic carbocycles. The predicted molar refractivity (Wildman–Crippen MR) is 119 cm³/mol. The van der Waals surface area contributed by atoms with Gasteiger partial charge in [0.05, 0.1) is 16.5 Å². The van der Waals surface area contributed by atoms with Crippen LogP contribution >= 0.6 is 0 Å². The highest BCUT2D eigenvalue weighted by Crippen LogP contribution is 2.34. The number of hydrazine groups is 1. The third kappa shape index (κ3) is 4.49. The van der Waals surface area contributed by atoms with Crippen LogP contribution in [0.1, 0.15) is 27.2 Å². The largest absolute Gasteiger partial charge is 0.318 e. The van der Waals surface area contributed by atoms with E-state index in [4.69, 9.17) is 0 Å². The Bertz CT molecular complexity index is 975. The molecule has 2 amide bonds. The van der Waals surface area contributed by atoms with Crippen LogP contribution in [0.5, 0.6) is 0 Å². The molecule has 31 heavy (non-hydrogen) atoms. The van der Waals surface area contributed by atoms with Crippen LogP contribution in [-0.4, -0.2) is 33.8 Å². The van der Waals surface area contributed by atoms with E-state index in [-0.39, 0.29) is 23.5 Å². The van der Waals surface area contributed by atoms with E-state index in [1.165, 1.54) is 23.5 Å². The second-order valence-electron chi connectivity index (χ2n) is 7.47. The zero-order valence-electron chi connectivity index (χ0n) is 17.8. The van der Waals surface area contributed by atoms with Crippen molar-refractivity contribution >= 4 is 28.9 Å². The van der Waals surface area contributed by atoms with Crippen molar-refractivity contribution in [2.24, 2.45) is 5.92 Å². The maximum atomic E-state index is 13.1. The second-order valence-corrected chi connectivity index (χ2v) is 7.47. The number of imide groups is 1. The molecule has 4 rings (SSSR count). The number of hydrogen-bond acceptors (Lipinski definition) is 6. The molecule has 1 saturated heterocycles. The summed E-state index contributed by atoms with van der Waals surface area (Å²) in [7, 11) is 0. The minimum absolute atomic E-state index is 0.0163. The van der Waals surface area contributed by atoms with Crippen LogP contribution in [-0.2, 0) is 9.59 Å². The third-order valence-electron chi connectivity index (χ3n) is 5.01. The van der Waals surface area contributed by atoms with Gasteiger partial charge in [0.2, 0.25) is 5.91 Å². The highest BCUT2D eigenvalue weighted by Gasteiger charge is 2.52. The molecule has 0 radical (unpaired) electrons. The second kappa shape index (κ2) is 9.53. The first-order valence-electron chi connectivity index (χ1n) is 10.3. The van der Waals surface area contributed by atoms with E-state index in [0.29, 0.717) is 11.4 Å². The number of para-hydroxylation sites is 1. The molecule has 2 aliphatic heterocycles. The summed E-state index contributed by atoms with van der Waals surface area (Å²) in [6, 6.07) is 13.9. The quantitative estimate of drug-likeness (QED) is 0.344. The molecule has 8 heteroatoms. The molecule has 0 aromatic heterocycles. The summed E-state index contributed by atoms with van der Waals surface area (Å²) in [6.45, 7) is 6.16. The molecule has 2 heterocycles. The van der Waals surface area contributed by atoms with E-state index in [1.807, 2.05) is 19.1 Å². The van der Waals surface area contributed by atoms with Gasteiger partial charge in [-0.05, 0) is 31.2 Å². The molecule has 0 spiro atoms. The molecule has 162 valence electrons. The van der Waals surface area contributed by atoms with Crippen LogP contribution in [0.15, 0.2) is 66.7 Å². The number of amides is 2. The number of carbonyl (C=O) groups excluding carboxylic acids is 2. The number of nitro benzene ring substituents is 1. The van der Waals surface area contributed by atoms with Crippen LogP contribution in [0.2, 0.25) is 0 Å². The first-order chi connectivity index (χ1) is 14.9. The van der Waals surface area contributed by atoms with Crippen molar-refractivity contribution in [1.82, 2.24) is 5.01 Å². The molecule has 1 N–H and O–H groups in total. The number of rotatable bonds is 4. The number of hydrogen-bond donors (Lipinski definition) is 1. The lowest BCUT2D eigenvalue weighted by Gasteiger charge is -2.37. The fourth-order valence-electron chi connectivity index (χ4n) is 3.59. The van der Waals surface area contributed by atoms with E-state index in [1.54, 1.807) is 47.5 Å². The Kier molecular flexibility index (Phi) is 6.81. The summed E-state index contributed by atoms with van der Waals surface area (Å²) in [5.41, 5.74) is 4.28. The number of nitro groups is 1. The Morgan fingerprint density at radius 1 is 0.968 bits per heavy atom. The number of nitrogens with zero attached hydrogens (tertiary/aromatic N) is 3. The Labute approximate surface area is 181 Å². The number of fused-ring (bicyclic) bond motifs is 1. The number of anilines is 2. The van der Waals surface area contributed by atoms with Gasteiger partial charge in [-0.2, -0.15) is 0 Å². The SMILES string of the molecule is CCC.C[C@H]1C=C[C@H]2C(=O)N(c3ccccc3)C(=O)[C@H]2N1Nc1ccc([N+](=O)[O-])cc1. The van der Waals surface area contributed by atoms with E-state index in [9.17, 15) is 19.7 Å². The van der Waals surface area contributed by atoms with Crippen molar-refractivity contribution in [3.05, 3.63) is 76.9 Å². The number of nitrogens with one attached hydrogen (secondary N) is 1. The molecule has 2 aromatic rings. The van der Waals surface area contributed by atoms with Crippen LogP contribution in [0, 0.1) is 16.0 Å². The molecule has 0 aliphatic carbocycles. The average molecular weight is 422 g/mol. The zero-order valence-corrected chi connectivity index (χ0v) is 17.8. The van der Waals surface area contributed by atoms with Crippen LogP contribution in [0.4, 0.5) is 17.1 Å². The smallest absolute Gasteiger partial charge is 0.269 e. The monoisotopic (exact) mass is 422 g/mol. The van der Waals surface area contributed by atoms with Gasteiger partial charge in [0.15, 0.2) is 0 Å². The predicted octanol–water partition coefficient (Wildman–Crippen LogP) is 4.16. The molecule has 3 atom stereocenters. The summed E-state index contributed by atoms with van der Waals surface area (Å²) in [5, 5.41) is 12.6. The summed E-state index contributed by atoms with van der Waals surface area (Å²) < 4.78 is 0. The minimum Gasteiger partial charge on any atom is -0.318 e. The van der Waals surface area contributed by atoms with E-state index in [0.717, 1.165) is 0 Å². The summed E-state index contributed by atoms with van der Waals surface area (Å²) >= 11 is 0. The lowest BCUT2D eigenvalue weighted by Crippen LogP contribution is -2.53. The van der Waals surface area contributed by atoms with Gasteiger partial charge in [-0.1, -0.05) is 50.6 Å². The van der Waals surface area contributed by atoms with Crippen LogP contribution in [0.3, 0.4) is 0 Å². The first-order valence-corrected chi connectivity index (χ1v) is 10.3. The normalized spacial score (nSPS) is 22.5. The Hall–Kier alpha value is -3.52. The van der Waals surface area contributed by atoms with Crippen molar-refractivity contribution < 1.29 is 14.5 Å². The molecular formula is C23H26N4O4.